The van der Waals surface area contributed by atoms with E-state index in [4.69, 9.17) is 4.74 Å². The van der Waals surface area contributed by atoms with Crippen LogP contribution < -0.4 is 5.32 Å². The van der Waals surface area contributed by atoms with E-state index in [9.17, 15) is 4.79 Å². The Morgan fingerprint density at radius 2 is 2.14 bits per heavy atom. The maximum atomic E-state index is 11.7. The molecule has 112 valence electrons. The summed E-state index contributed by atoms with van der Waals surface area (Å²) in [6, 6.07) is 9.85. The van der Waals surface area contributed by atoms with Crippen LogP contribution in [0, 0.1) is 0 Å². The predicted octanol–water partition coefficient (Wildman–Crippen LogP) is 1.62. The first-order valence-electron chi connectivity index (χ1n) is 7.08. The van der Waals surface area contributed by atoms with Crippen LogP contribution in [0.5, 0.6) is 0 Å². The average molecular weight is 287 g/mol. The first kappa shape index (κ1) is 15.3. The molecule has 0 bridgehead atoms. The van der Waals surface area contributed by atoms with Crippen LogP contribution in [0.3, 0.4) is 0 Å². The number of likely N-dealkylation sites (N-methyl/N-ethyl adjacent to an activating group) is 1. The van der Waals surface area contributed by atoms with Crippen LogP contribution in [-0.2, 0) is 22.5 Å². The maximum absolute atomic E-state index is 11.7. The number of imidazole rings is 1. The number of ether oxygens (including phenoxy) is 1. The van der Waals surface area contributed by atoms with Crippen molar-refractivity contribution in [2.75, 3.05) is 13.7 Å². The molecule has 1 heterocycles. The van der Waals surface area contributed by atoms with Crippen LogP contribution in [-0.4, -0.2) is 35.2 Å². The zero-order valence-electron chi connectivity index (χ0n) is 12.5. The highest BCUT2D eigenvalue weighted by molar-refractivity contribution is 5.75. The number of esters is 1. The molecular formula is C16H21N3O2. The zero-order valence-corrected chi connectivity index (χ0v) is 12.5. The number of methoxy groups -OCH3 is 1. The van der Waals surface area contributed by atoms with Gasteiger partial charge in [0, 0.05) is 19.2 Å². The number of carbonyl (C=O) groups is 1. The largest absolute Gasteiger partial charge is 0.468 e. The van der Waals surface area contributed by atoms with Gasteiger partial charge in [-0.2, -0.15) is 0 Å². The number of carbonyl (C=O) groups excluding carboxylic acids is 1. The molecule has 1 aromatic carbocycles. The molecule has 0 radical (unpaired) electrons. The summed E-state index contributed by atoms with van der Waals surface area (Å²) in [6.07, 6.45) is 4.30. The minimum absolute atomic E-state index is 0.255. The minimum atomic E-state index is -0.347. The third-order valence-electron chi connectivity index (χ3n) is 3.24. The third-order valence-corrected chi connectivity index (χ3v) is 3.24. The Morgan fingerprint density at radius 1 is 1.38 bits per heavy atom. The number of hydrogen-bond donors (Lipinski definition) is 1. The number of benzene rings is 1. The van der Waals surface area contributed by atoms with Crippen molar-refractivity contribution in [1.82, 2.24) is 14.9 Å². The Labute approximate surface area is 125 Å². The summed E-state index contributed by atoms with van der Waals surface area (Å²) in [5, 5.41) is 3.12. The number of aromatic nitrogens is 2. The van der Waals surface area contributed by atoms with Crippen LogP contribution in [0.1, 0.15) is 18.2 Å². The Morgan fingerprint density at radius 3 is 2.81 bits per heavy atom. The van der Waals surface area contributed by atoms with E-state index in [0.717, 1.165) is 12.2 Å². The molecule has 1 atom stereocenters. The fraction of sp³-hybridized carbons (Fsp3) is 0.375. The van der Waals surface area contributed by atoms with Gasteiger partial charge in [0.1, 0.15) is 6.04 Å². The quantitative estimate of drug-likeness (QED) is 0.786. The van der Waals surface area contributed by atoms with E-state index in [1.54, 1.807) is 6.33 Å². The normalized spacial score (nSPS) is 12.1. The van der Waals surface area contributed by atoms with Gasteiger partial charge < -0.3 is 14.6 Å². The summed E-state index contributed by atoms with van der Waals surface area (Å²) < 4.78 is 6.82. The maximum Gasteiger partial charge on any atom is 0.323 e. The molecule has 2 rings (SSSR count). The second-order valence-corrected chi connectivity index (χ2v) is 4.86. The summed E-state index contributed by atoms with van der Waals surface area (Å²) >= 11 is 0. The average Bonchev–Trinajstić information content (AvgIpc) is 2.94. The first-order valence-corrected chi connectivity index (χ1v) is 7.08. The molecular weight excluding hydrogens is 266 g/mol. The van der Waals surface area contributed by atoms with Gasteiger partial charge in [0.15, 0.2) is 0 Å². The van der Waals surface area contributed by atoms with Gasteiger partial charge in [-0.25, -0.2) is 4.98 Å². The molecule has 2 aromatic rings. The number of nitrogens with one attached hydrogen (secondary N) is 1. The van der Waals surface area contributed by atoms with Crippen molar-refractivity contribution >= 4 is 5.97 Å². The summed E-state index contributed by atoms with van der Waals surface area (Å²) in [4.78, 5) is 16.1. The van der Waals surface area contributed by atoms with Crippen LogP contribution in [0.25, 0.3) is 0 Å². The van der Waals surface area contributed by atoms with E-state index in [0.29, 0.717) is 13.0 Å². The highest BCUT2D eigenvalue weighted by atomic mass is 16.5. The van der Waals surface area contributed by atoms with Gasteiger partial charge in [-0.05, 0) is 12.1 Å². The van der Waals surface area contributed by atoms with Crippen molar-refractivity contribution < 1.29 is 9.53 Å². The van der Waals surface area contributed by atoms with Gasteiger partial charge in [-0.3, -0.25) is 4.79 Å². The van der Waals surface area contributed by atoms with Crippen molar-refractivity contribution in [3.8, 4) is 0 Å². The molecule has 5 heteroatoms. The molecule has 5 nitrogen and oxygen atoms in total. The van der Waals surface area contributed by atoms with E-state index in [2.05, 4.69) is 22.4 Å². The molecule has 0 aliphatic rings. The monoisotopic (exact) mass is 287 g/mol. The van der Waals surface area contributed by atoms with Gasteiger partial charge in [-0.15, -0.1) is 0 Å². The molecule has 0 unspecified atom stereocenters. The molecule has 0 aliphatic heterocycles. The summed E-state index contributed by atoms with van der Waals surface area (Å²) in [5.41, 5.74) is 2.10. The molecule has 0 fully saturated rings. The van der Waals surface area contributed by atoms with E-state index in [-0.39, 0.29) is 12.0 Å². The fourth-order valence-electron chi connectivity index (χ4n) is 2.23. The van der Waals surface area contributed by atoms with Crippen LogP contribution in [0.2, 0.25) is 0 Å². The zero-order chi connectivity index (χ0) is 15.1. The highest BCUT2D eigenvalue weighted by Gasteiger charge is 2.19. The molecule has 21 heavy (non-hydrogen) atoms. The molecule has 1 aromatic heterocycles. The van der Waals surface area contributed by atoms with Crippen LogP contribution >= 0.6 is 0 Å². The number of nitrogens with zero attached hydrogens (tertiary/aromatic N) is 2. The molecule has 0 saturated carbocycles. The smallest absolute Gasteiger partial charge is 0.323 e. The molecule has 1 N–H and O–H groups in total. The van der Waals surface area contributed by atoms with Crippen molar-refractivity contribution in [3.63, 3.8) is 0 Å². The van der Waals surface area contributed by atoms with E-state index < -0.39 is 0 Å². The minimum Gasteiger partial charge on any atom is -0.468 e. The Balaban J connectivity index is 2.00. The fourth-order valence-corrected chi connectivity index (χ4v) is 2.23. The van der Waals surface area contributed by atoms with Crippen molar-refractivity contribution in [1.29, 1.82) is 0 Å². The van der Waals surface area contributed by atoms with Crippen LogP contribution in [0.15, 0.2) is 42.9 Å². The molecule has 0 amide bonds. The lowest BCUT2D eigenvalue weighted by atomic mass is 10.1. The van der Waals surface area contributed by atoms with Gasteiger partial charge in [0.05, 0.1) is 19.1 Å². The molecule has 0 saturated heterocycles. The van der Waals surface area contributed by atoms with Crippen LogP contribution in [0.4, 0.5) is 0 Å². The third kappa shape index (κ3) is 4.43. The van der Waals surface area contributed by atoms with Gasteiger partial charge in [0.2, 0.25) is 0 Å². The van der Waals surface area contributed by atoms with Crippen molar-refractivity contribution in [2.24, 2.45) is 0 Å². The topological polar surface area (TPSA) is 56.2 Å². The summed E-state index contributed by atoms with van der Waals surface area (Å²) in [5.74, 6) is -0.255. The Kier molecular flexibility index (Phi) is 5.51. The lowest BCUT2D eigenvalue weighted by Gasteiger charge is -2.13. The molecule has 0 spiro atoms. The van der Waals surface area contributed by atoms with Crippen molar-refractivity contribution in [3.05, 3.63) is 54.1 Å². The summed E-state index contributed by atoms with van der Waals surface area (Å²) in [6.45, 7) is 3.45. The van der Waals surface area contributed by atoms with Crippen molar-refractivity contribution in [2.45, 2.75) is 25.9 Å². The van der Waals surface area contributed by atoms with Gasteiger partial charge in [0.25, 0.3) is 0 Å². The lowest BCUT2D eigenvalue weighted by molar-refractivity contribution is -0.143. The van der Waals surface area contributed by atoms with Gasteiger partial charge in [-0.1, -0.05) is 37.3 Å². The second-order valence-electron chi connectivity index (χ2n) is 4.86. The van der Waals surface area contributed by atoms with Gasteiger partial charge >= 0.3 is 5.97 Å². The van der Waals surface area contributed by atoms with E-state index in [1.165, 1.54) is 12.7 Å². The summed E-state index contributed by atoms with van der Waals surface area (Å²) in [7, 11) is 1.40. The lowest BCUT2D eigenvalue weighted by Crippen LogP contribution is -2.39. The Hall–Kier alpha value is -2.14. The standard InChI is InChI=1S/C16H21N3O2/c1-3-17-15(16(20)21-2)9-14-11-19(12-18-14)10-13-7-5-4-6-8-13/h4-8,11-12,15,17H,3,9-10H2,1-2H3/t15-/m0/s1. The van der Waals surface area contributed by atoms with E-state index >= 15 is 0 Å². The highest BCUT2D eigenvalue weighted by Crippen LogP contribution is 2.06. The number of hydrogen-bond acceptors (Lipinski definition) is 4. The Bertz CT molecular complexity index is 566. The number of rotatable bonds is 7. The molecule has 0 aliphatic carbocycles. The first-order chi connectivity index (χ1) is 10.2. The van der Waals surface area contributed by atoms with E-state index in [1.807, 2.05) is 35.9 Å². The SMILES string of the molecule is CCN[C@@H](Cc1cn(Cc2ccccc2)cn1)C(=O)OC. The second kappa shape index (κ2) is 7.59. The predicted molar refractivity (Wildman–Crippen MR) is 81.0 cm³/mol.